The van der Waals surface area contributed by atoms with Crippen molar-refractivity contribution in [2.24, 2.45) is 7.05 Å². The second-order valence-corrected chi connectivity index (χ2v) is 4.32. The zero-order valence-electron chi connectivity index (χ0n) is 9.81. The van der Waals surface area contributed by atoms with Crippen LogP contribution in [0.5, 0.6) is 0 Å². The van der Waals surface area contributed by atoms with Gasteiger partial charge in [-0.15, -0.1) is 0 Å². The van der Waals surface area contributed by atoms with Crippen molar-refractivity contribution in [3.8, 4) is 0 Å². The SMILES string of the molecule is CN(C(=O)CC1CCCN1)c1cnn(C)c1. The maximum absolute atomic E-state index is 12.0. The zero-order chi connectivity index (χ0) is 11.5. The number of carbonyl (C=O) groups excluding carboxylic acids is 1. The first-order chi connectivity index (χ1) is 7.66. The van der Waals surface area contributed by atoms with Crippen LogP contribution < -0.4 is 10.2 Å². The van der Waals surface area contributed by atoms with Crippen molar-refractivity contribution in [1.29, 1.82) is 0 Å². The van der Waals surface area contributed by atoms with E-state index in [1.807, 2.05) is 13.2 Å². The molecule has 1 saturated heterocycles. The van der Waals surface area contributed by atoms with E-state index in [9.17, 15) is 4.79 Å². The molecule has 1 N–H and O–H groups in total. The molecule has 0 aromatic carbocycles. The highest BCUT2D eigenvalue weighted by atomic mass is 16.2. The Kier molecular flexibility index (Phi) is 3.24. The third kappa shape index (κ3) is 2.41. The van der Waals surface area contributed by atoms with Crippen LogP contribution in [0.4, 0.5) is 5.69 Å². The van der Waals surface area contributed by atoms with Crippen molar-refractivity contribution in [2.45, 2.75) is 25.3 Å². The molecular formula is C11H18N4O. The van der Waals surface area contributed by atoms with Crippen molar-refractivity contribution in [2.75, 3.05) is 18.5 Å². The lowest BCUT2D eigenvalue weighted by Gasteiger charge is -2.17. The summed E-state index contributed by atoms with van der Waals surface area (Å²) in [5.41, 5.74) is 0.852. The first kappa shape index (κ1) is 11.1. The van der Waals surface area contributed by atoms with Crippen LogP contribution in [0.25, 0.3) is 0 Å². The Labute approximate surface area is 95.4 Å². The molecule has 2 rings (SSSR count). The van der Waals surface area contributed by atoms with Crippen LogP contribution in [0.3, 0.4) is 0 Å². The molecule has 5 nitrogen and oxygen atoms in total. The topological polar surface area (TPSA) is 50.2 Å². The zero-order valence-corrected chi connectivity index (χ0v) is 9.81. The number of amides is 1. The second-order valence-electron chi connectivity index (χ2n) is 4.32. The van der Waals surface area contributed by atoms with Crippen LogP contribution in [-0.4, -0.2) is 35.3 Å². The molecule has 16 heavy (non-hydrogen) atoms. The van der Waals surface area contributed by atoms with E-state index < -0.39 is 0 Å². The summed E-state index contributed by atoms with van der Waals surface area (Å²) in [6.07, 6.45) is 6.41. The molecule has 0 radical (unpaired) electrons. The quantitative estimate of drug-likeness (QED) is 0.811. The summed E-state index contributed by atoms with van der Waals surface area (Å²) in [5.74, 6) is 0.146. The van der Waals surface area contributed by atoms with E-state index in [2.05, 4.69) is 10.4 Å². The van der Waals surface area contributed by atoms with Gasteiger partial charge in [-0.1, -0.05) is 0 Å². The van der Waals surface area contributed by atoms with Crippen molar-refractivity contribution in [1.82, 2.24) is 15.1 Å². The van der Waals surface area contributed by atoms with Gasteiger partial charge in [0.15, 0.2) is 0 Å². The van der Waals surface area contributed by atoms with E-state index in [1.165, 1.54) is 6.42 Å². The number of aryl methyl sites for hydroxylation is 1. The fraction of sp³-hybridized carbons (Fsp3) is 0.636. The van der Waals surface area contributed by atoms with E-state index in [0.717, 1.165) is 18.7 Å². The molecule has 1 aliphatic heterocycles. The molecule has 0 saturated carbocycles. The monoisotopic (exact) mass is 222 g/mol. The predicted octanol–water partition coefficient (Wildman–Crippen LogP) is 0.525. The number of carbonyl (C=O) groups is 1. The molecule has 1 amide bonds. The lowest BCUT2D eigenvalue weighted by Crippen LogP contribution is -2.33. The minimum Gasteiger partial charge on any atom is -0.313 e. The molecule has 5 heteroatoms. The van der Waals surface area contributed by atoms with E-state index in [0.29, 0.717) is 12.5 Å². The first-order valence-electron chi connectivity index (χ1n) is 5.65. The van der Waals surface area contributed by atoms with Crippen LogP contribution in [0.2, 0.25) is 0 Å². The Balaban J connectivity index is 1.93. The predicted molar refractivity (Wildman–Crippen MR) is 62.3 cm³/mol. The Bertz CT molecular complexity index is 368. The molecule has 1 aromatic heterocycles. The number of hydrogen-bond donors (Lipinski definition) is 1. The van der Waals surface area contributed by atoms with Gasteiger partial charge in [0, 0.05) is 32.8 Å². The minimum absolute atomic E-state index is 0.146. The lowest BCUT2D eigenvalue weighted by atomic mass is 10.1. The Morgan fingerprint density at radius 1 is 1.75 bits per heavy atom. The van der Waals surface area contributed by atoms with Crippen LogP contribution >= 0.6 is 0 Å². The van der Waals surface area contributed by atoms with E-state index in [4.69, 9.17) is 0 Å². The summed E-state index contributed by atoms with van der Waals surface area (Å²) in [5, 5.41) is 7.39. The summed E-state index contributed by atoms with van der Waals surface area (Å²) >= 11 is 0. The molecule has 1 unspecified atom stereocenters. The van der Waals surface area contributed by atoms with Crippen molar-refractivity contribution in [3.05, 3.63) is 12.4 Å². The Morgan fingerprint density at radius 3 is 3.12 bits per heavy atom. The first-order valence-corrected chi connectivity index (χ1v) is 5.65. The van der Waals surface area contributed by atoms with Gasteiger partial charge in [-0.05, 0) is 19.4 Å². The maximum Gasteiger partial charge on any atom is 0.228 e. The van der Waals surface area contributed by atoms with Gasteiger partial charge in [0.05, 0.1) is 11.9 Å². The average molecular weight is 222 g/mol. The van der Waals surface area contributed by atoms with Gasteiger partial charge in [-0.25, -0.2) is 0 Å². The Hall–Kier alpha value is -1.36. The number of rotatable bonds is 3. The lowest BCUT2D eigenvalue weighted by molar-refractivity contribution is -0.118. The van der Waals surface area contributed by atoms with Gasteiger partial charge < -0.3 is 10.2 Å². The number of anilines is 1. The van der Waals surface area contributed by atoms with Gasteiger partial charge in [0.25, 0.3) is 0 Å². The average Bonchev–Trinajstić information content (AvgIpc) is 2.88. The highest BCUT2D eigenvalue weighted by Crippen LogP contribution is 2.15. The molecule has 0 spiro atoms. The molecule has 88 valence electrons. The number of hydrogen-bond acceptors (Lipinski definition) is 3. The standard InChI is InChI=1S/C11H18N4O/c1-14-8-10(7-13-14)15(2)11(16)6-9-4-3-5-12-9/h7-9,12H,3-6H2,1-2H3. The van der Waals surface area contributed by atoms with Crippen LogP contribution in [0.1, 0.15) is 19.3 Å². The van der Waals surface area contributed by atoms with Gasteiger partial charge in [-0.3, -0.25) is 9.48 Å². The number of nitrogens with one attached hydrogen (secondary N) is 1. The summed E-state index contributed by atoms with van der Waals surface area (Å²) in [6.45, 7) is 1.04. The van der Waals surface area contributed by atoms with Gasteiger partial charge >= 0.3 is 0 Å². The summed E-state index contributed by atoms with van der Waals surface area (Å²) < 4.78 is 1.70. The molecule has 1 fully saturated rings. The van der Waals surface area contributed by atoms with Gasteiger partial charge in [-0.2, -0.15) is 5.10 Å². The summed E-state index contributed by atoms with van der Waals surface area (Å²) in [6, 6.07) is 0.353. The fourth-order valence-electron chi connectivity index (χ4n) is 2.00. The van der Waals surface area contributed by atoms with Crippen molar-refractivity contribution in [3.63, 3.8) is 0 Å². The highest BCUT2D eigenvalue weighted by Gasteiger charge is 2.20. The fourth-order valence-corrected chi connectivity index (χ4v) is 2.00. The largest absolute Gasteiger partial charge is 0.313 e. The second kappa shape index (κ2) is 4.65. The van der Waals surface area contributed by atoms with Gasteiger partial charge in [0.2, 0.25) is 5.91 Å². The van der Waals surface area contributed by atoms with E-state index in [1.54, 1.807) is 22.8 Å². The molecule has 1 aromatic rings. The molecule has 1 atom stereocenters. The molecule has 2 heterocycles. The number of aromatic nitrogens is 2. The Morgan fingerprint density at radius 2 is 2.56 bits per heavy atom. The van der Waals surface area contributed by atoms with Crippen LogP contribution in [0.15, 0.2) is 12.4 Å². The number of nitrogens with zero attached hydrogens (tertiary/aromatic N) is 3. The molecule has 0 bridgehead atoms. The van der Waals surface area contributed by atoms with E-state index in [-0.39, 0.29) is 5.91 Å². The normalized spacial score (nSPS) is 20.0. The highest BCUT2D eigenvalue weighted by molar-refractivity contribution is 5.92. The smallest absolute Gasteiger partial charge is 0.228 e. The van der Waals surface area contributed by atoms with Crippen LogP contribution in [-0.2, 0) is 11.8 Å². The molecular weight excluding hydrogens is 204 g/mol. The maximum atomic E-state index is 12.0. The van der Waals surface area contributed by atoms with Crippen LogP contribution in [0, 0.1) is 0 Å². The van der Waals surface area contributed by atoms with Crippen molar-refractivity contribution >= 4 is 11.6 Å². The third-order valence-electron chi connectivity index (χ3n) is 3.04. The molecule has 1 aliphatic rings. The third-order valence-corrected chi connectivity index (χ3v) is 3.04. The van der Waals surface area contributed by atoms with Gasteiger partial charge in [0.1, 0.15) is 0 Å². The summed E-state index contributed by atoms with van der Waals surface area (Å²) in [7, 11) is 3.65. The summed E-state index contributed by atoms with van der Waals surface area (Å²) in [4.78, 5) is 13.6. The van der Waals surface area contributed by atoms with Crippen molar-refractivity contribution < 1.29 is 4.79 Å². The minimum atomic E-state index is 0.146. The molecule has 0 aliphatic carbocycles. The van der Waals surface area contributed by atoms with E-state index >= 15 is 0 Å².